The van der Waals surface area contributed by atoms with Crippen molar-refractivity contribution in [1.29, 1.82) is 0 Å². The van der Waals surface area contributed by atoms with Gasteiger partial charge < -0.3 is 49.2 Å². The molecule has 0 saturated carbocycles. The number of hydrogen-bond donors (Lipinski definition) is 5. The van der Waals surface area contributed by atoms with Crippen molar-refractivity contribution >= 4 is 24.0 Å². The van der Waals surface area contributed by atoms with Crippen molar-refractivity contribution in [3.63, 3.8) is 0 Å². The summed E-state index contributed by atoms with van der Waals surface area (Å²) in [6, 6.07) is 8.97. The van der Waals surface area contributed by atoms with Crippen LogP contribution in [0.3, 0.4) is 0 Å². The summed E-state index contributed by atoms with van der Waals surface area (Å²) in [6.45, 7) is -1.09. The Labute approximate surface area is 223 Å². The monoisotopic (exact) mass is 550 g/mol. The number of carbonyl (C=O) groups excluding carboxylic acids is 2. The van der Waals surface area contributed by atoms with Crippen LogP contribution >= 0.6 is 0 Å². The van der Waals surface area contributed by atoms with E-state index in [1.807, 2.05) is 6.07 Å². The Morgan fingerprint density at radius 3 is 2.41 bits per heavy atom. The van der Waals surface area contributed by atoms with E-state index in [4.69, 9.17) is 18.9 Å². The average molecular weight is 551 g/mol. The van der Waals surface area contributed by atoms with Gasteiger partial charge in [0.25, 0.3) is 0 Å². The molecule has 0 amide bonds. The van der Waals surface area contributed by atoms with Crippen LogP contribution in [0.1, 0.15) is 12.0 Å². The van der Waals surface area contributed by atoms with Crippen LogP contribution in [0.4, 0.5) is 0 Å². The highest BCUT2D eigenvalue weighted by Gasteiger charge is 2.46. The number of carboxylic acids is 1. The van der Waals surface area contributed by atoms with Gasteiger partial charge in [-0.1, -0.05) is 30.3 Å². The number of hydrogen-bond acceptors (Lipinski definition) is 12. The number of esters is 2. The van der Waals surface area contributed by atoms with Crippen LogP contribution in [-0.2, 0) is 38.1 Å². The summed E-state index contributed by atoms with van der Waals surface area (Å²) >= 11 is 0. The van der Waals surface area contributed by atoms with Crippen molar-refractivity contribution < 1.29 is 63.6 Å². The number of carboxylic acid groups (broad SMARTS) is 1. The molecule has 2 aliphatic heterocycles. The zero-order valence-electron chi connectivity index (χ0n) is 20.9. The van der Waals surface area contributed by atoms with Gasteiger partial charge in [0, 0.05) is 17.6 Å². The van der Waals surface area contributed by atoms with E-state index >= 15 is 0 Å². The Hall–Kier alpha value is -3.59. The summed E-state index contributed by atoms with van der Waals surface area (Å²) in [5, 5.41) is 49.5. The second kappa shape index (κ2) is 14.0. The van der Waals surface area contributed by atoms with E-state index < -0.39 is 73.8 Å². The number of aliphatic carboxylic acids is 1. The van der Waals surface area contributed by atoms with Gasteiger partial charge in [0.05, 0.1) is 32.0 Å². The van der Waals surface area contributed by atoms with Gasteiger partial charge >= 0.3 is 17.9 Å². The molecule has 0 spiro atoms. The van der Waals surface area contributed by atoms with E-state index in [1.165, 1.54) is 18.2 Å². The maximum Gasteiger partial charge on any atom is 0.335 e. The molecule has 0 radical (unpaired) electrons. The molecule has 3 rings (SSSR count). The molecule has 5 N–H and O–H groups in total. The van der Waals surface area contributed by atoms with Crippen molar-refractivity contribution in [3.05, 3.63) is 65.5 Å². The van der Waals surface area contributed by atoms with E-state index in [0.29, 0.717) is 0 Å². The second-order valence-electron chi connectivity index (χ2n) is 8.59. The van der Waals surface area contributed by atoms with Crippen molar-refractivity contribution in [2.24, 2.45) is 5.92 Å². The Balaban J connectivity index is 1.84. The molecule has 2 aliphatic rings. The standard InChI is InChI=1S/C26H30O13/c1-35-20(29)11-16-15(9-10-36-19(28)8-7-14-5-3-2-4-6-14)25(37-13-17(16)24(33)34)39-26-23(32)22(31)21(30)18(12-27)38-26/h2-9,13,16,18,21-23,25-27,30-32H,10-12H2,1H3,(H,33,34)/t16-,18+,21+,22-,23+,25-,26-/m0/s1. The van der Waals surface area contributed by atoms with E-state index in [-0.39, 0.29) is 17.8 Å². The van der Waals surface area contributed by atoms with E-state index in [2.05, 4.69) is 4.74 Å². The number of aliphatic hydroxyl groups is 4. The highest BCUT2D eigenvalue weighted by molar-refractivity contribution is 5.89. The zero-order chi connectivity index (χ0) is 28.5. The molecule has 7 atom stereocenters. The first-order valence-electron chi connectivity index (χ1n) is 11.9. The SMILES string of the molecule is COC(=O)C[C@@H]1C(C(=O)O)=CO[C@@H](O[C@@H]2O[C@H](CO)[C@@H](O)[C@H](O)[C@H]2O)C1=CCOC(=O)C=Cc1ccccc1. The number of methoxy groups -OCH3 is 1. The second-order valence-corrected chi connectivity index (χ2v) is 8.59. The first-order valence-corrected chi connectivity index (χ1v) is 11.9. The Kier molecular flexibility index (Phi) is 10.7. The van der Waals surface area contributed by atoms with Gasteiger partial charge in [0.1, 0.15) is 31.0 Å². The van der Waals surface area contributed by atoms with Gasteiger partial charge in [0.15, 0.2) is 6.29 Å². The minimum Gasteiger partial charge on any atom is -0.478 e. The lowest BCUT2D eigenvalue weighted by Crippen LogP contribution is -2.60. The van der Waals surface area contributed by atoms with Gasteiger partial charge in [-0.3, -0.25) is 4.79 Å². The van der Waals surface area contributed by atoms with E-state index in [9.17, 15) is 39.9 Å². The molecule has 0 unspecified atom stereocenters. The molecule has 13 heteroatoms. The maximum absolute atomic E-state index is 12.2. The number of carbonyl (C=O) groups is 3. The topological polar surface area (TPSA) is 199 Å². The Bertz CT molecular complexity index is 1090. The van der Waals surface area contributed by atoms with Crippen LogP contribution in [0.5, 0.6) is 0 Å². The van der Waals surface area contributed by atoms with Crippen LogP contribution in [-0.4, -0.2) is 101 Å². The summed E-state index contributed by atoms with van der Waals surface area (Å²) in [7, 11) is 1.12. The molecular formula is C26H30O13. The molecule has 1 fully saturated rings. The number of benzene rings is 1. The van der Waals surface area contributed by atoms with Crippen molar-refractivity contribution in [2.45, 2.75) is 43.4 Å². The van der Waals surface area contributed by atoms with Crippen LogP contribution in [0.15, 0.2) is 59.9 Å². The molecule has 0 aliphatic carbocycles. The number of aliphatic hydroxyl groups excluding tert-OH is 4. The predicted molar refractivity (Wildman–Crippen MR) is 130 cm³/mol. The molecule has 1 aromatic rings. The largest absolute Gasteiger partial charge is 0.478 e. The molecule has 1 saturated heterocycles. The normalized spacial score (nSPS) is 29.9. The lowest BCUT2D eigenvalue weighted by molar-refractivity contribution is -0.327. The fraction of sp³-hybridized carbons (Fsp3) is 0.423. The molecule has 39 heavy (non-hydrogen) atoms. The first kappa shape index (κ1) is 30.0. The van der Waals surface area contributed by atoms with Crippen molar-refractivity contribution in [2.75, 3.05) is 20.3 Å². The summed E-state index contributed by atoms with van der Waals surface area (Å²) in [5.74, 6) is -4.02. The average Bonchev–Trinajstić information content (AvgIpc) is 2.93. The van der Waals surface area contributed by atoms with Gasteiger partial charge in [-0.2, -0.15) is 0 Å². The smallest absolute Gasteiger partial charge is 0.335 e. The van der Waals surface area contributed by atoms with Crippen molar-refractivity contribution in [3.8, 4) is 0 Å². The summed E-state index contributed by atoms with van der Waals surface area (Å²) in [4.78, 5) is 36.2. The fourth-order valence-corrected chi connectivity index (χ4v) is 3.96. The summed E-state index contributed by atoms with van der Waals surface area (Å²) in [6.07, 6.45) is -5.13. The van der Waals surface area contributed by atoms with Crippen LogP contribution < -0.4 is 0 Å². The lowest BCUT2D eigenvalue weighted by Gasteiger charge is -2.41. The lowest BCUT2D eigenvalue weighted by atomic mass is 9.86. The molecule has 1 aromatic carbocycles. The Morgan fingerprint density at radius 1 is 1.05 bits per heavy atom. The maximum atomic E-state index is 12.2. The Morgan fingerprint density at radius 2 is 1.77 bits per heavy atom. The summed E-state index contributed by atoms with van der Waals surface area (Å²) in [5.41, 5.74) is 0.462. The van der Waals surface area contributed by atoms with Crippen molar-refractivity contribution in [1.82, 2.24) is 0 Å². The third-order valence-electron chi connectivity index (χ3n) is 6.08. The van der Waals surface area contributed by atoms with Gasteiger partial charge in [-0.15, -0.1) is 0 Å². The molecule has 13 nitrogen and oxygen atoms in total. The van der Waals surface area contributed by atoms with Crippen LogP contribution in [0, 0.1) is 5.92 Å². The highest BCUT2D eigenvalue weighted by Crippen LogP contribution is 2.35. The van der Waals surface area contributed by atoms with Crippen LogP contribution in [0.25, 0.3) is 6.08 Å². The highest BCUT2D eigenvalue weighted by atomic mass is 16.8. The minimum atomic E-state index is -1.78. The molecular weight excluding hydrogens is 520 g/mol. The minimum absolute atomic E-state index is 0.0251. The van der Waals surface area contributed by atoms with Gasteiger partial charge in [-0.25, -0.2) is 9.59 Å². The predicted octanol–water partition coefficient (Wildman–Crippen LogP) is -0.510. The van der Waals surface area contributed by atoms with Crippen LogP contribution in [0.2, 0.25) is 0 Å². The first-order chi connectivity index (χ1) is 18.7. The third kappa shape index (κ3) is 7.72. The molecule has 0 bridgehead atoms. The zero-order valence-corrected chi connectivity index (χ0v) is 20.9. The van der Waals surface area contributed by atoms with E-state index in [1.54, 1.807) is 24.3 Å². The molecule has 212 valence electrons. The molecule has 2 heterocycles. The quantitative estimate of drug-likeness (QED) is 0.142. The fourth-order valence-electron chi connectivity index (χ4n) is 3.96. The summed E-state index contributed by atoms with van der Waals surface area (Å²) < 4.78 is 26.3. The van der Waals surface area contributed by atoms with E-state index in [0.717, 1.165) is 18.9 Å². The number of ether oxygens (including phenoxy) is 5. The number of rotatable bonds is 10. The molecule has 0 aromatic heterocycles. The van der Waals surface area contributed by atoms with Gasteiger partial charge in [0.2, 0.25) is 6.29 Å². The van der Waals surface area contributed by atoms with Gasteiger partial charge in [-0.05, 0) is 17.7 Å². The third-order valence-corrected chi connectivity index (χ3v) is 6.08.